The number of carbonyl (C=O) groups is 1. The molecule has 3 heterocycles. The number of hydrogen-bond donors (Lipinski definition) is 1. The van der Waals surface area contributed by atoms with Gasteiger partial charge in [0.25, 0.3) is 5.56 Å². The number of aromatic nitrogens is 1. The summed E-state index contributed by atoms with van der Waals surface area (Å²) in [5.74, 6) is 0.371. The molecule has 1 unspecified atom stereocenters. The lowest BCUT2D eigenvalue weighted by Crippen LogP contribution is -2.28. The van der Waals surface area contributed by atoms with E-state index in [-0.39, 0.29) is 29.5 Å². The van der Waals surface area contributed by atoms with Crippen molar-refractivity contribution in [3.05, 3.63) is 70.3 Å². The van der Waals surface area contributed by atoms with Gasteiger partial charge in [-0.3, -0.25) is 9.69 Å². The second-order valence-electron chi connectivity index (χ2n) is 8.41. The minimum atomic E-state index is -0.358. The number of amides is 1. The maximum atomic E-state index is 14.6. The van der Waals surface area contributed by atoms with Crippen molar-refractivity contribution in [3.8, 4) is 5.75 Å². The van der Waals surface area contributed by atoms with Gasteiger partial charge in [-0.1, -0.05) is 0 Å². The standard InChI is InChI=1S/C25H26FN3O4/c1-2-32-19-7-5-18(6-8-19)28-15-20(33-25(28)31)11-12-27-13-17-14-29-22(30)10-4-16-3-9-21(26)23(17)24(16)29/h3-10,17,20,27H,2,11-15H2,1H3/t17?,20-/m1/s1. The Hall–Kier alpha value is -3.39. The minimum Gasteiger partial charge on any atom is -0.494 e. The van der Waals surface area contributed by atoms with E-state index in [1.165, 1.54) is 12.1 Å². The lowest BCUT2D eigenvalue weighted by atomic mass is 9.99. The van der Waals surface area contributed by atoms with E-state index in [2.05, 4.69) is 5.32 Å². The van der Waals surface area contributed by atoms with Gasteiger partial charge in [-0.05, 0) is 67.7 Å². The number of pyridine rings is 1. The molecule has 1 fully saturated rings. The molecule has 0 bridgehead atoms. The summed E-state index contributed by atoms with van der Waals surface area (Å²) in [4.78, 5) is 26.2. The van der Waals surface area contributed by atoms with Gasteiger partial charge in [0.05, 0.1) is 18.7 Å². The normalized spacial score (nSPS) is 19.3. The molecule has 3 aromatic rings. The first-order valence-electron chi connectivity index (χ1n) is 11.3. The molecule has 2 aliphatic rings. The van der Waals surface area contributed by atoms with E-state index in [1.807, 2.05) is 31.2 Å². The van der Waals surface area contributed by atoms with Crippen LogP contribution in [0.4, 0.5) is 14.9 Å². The van der Waals surface area contributed by atoms with E-state index in [0.717, 1.165) is 16.8 Å². The van der Waals surface area contributed by atoms with Crippen LogP contribution >= 0.6 is 0 Å². The number of rotatable bonds is 8. The summed E-state index contributed by atoms with van der Waals surface area (Å²) in [5.41, 5.74) is 1.97. The van der Waals surface area contributed by atoms with Gasteiger partial charge >= 0.3 is 6.09 Å². The number of hydrogen-bond acceptors (Lipinski definition) is 5. The quantitative estimate of drug-likeness (QED) is 0.530. The summed E-state index contributed by atoms with van der Waals surface area (Å²) in [5, 5.41) is 4.24. The van der Waals surface area contributed by atoms with Crippen molar-refractivity contribution >= 4 is 22.7 Å². The van der Waals surface area contributed by atoms with Crippen molar-refractivity contribution in [1.29, 1.82) is 0 Å². The third-order valence-electron chi connectivity index (χ3n) is 6.32. The summed E-state index contributed by atoms with van der Waals surface area (Å²) in [6.07, 6.45) is 0.0645. The zero-order valence-corrected chi connectivity index (χ0v) is 18.4. The molecule has 8 heteroatoms. The predicted octanol–water partition coefficient (Wildman–Crippen LogP) is 3.64. The minimum absolute atomic E-state index is 0.107. The molecule has 2 aliphatic heterocycles. The van der Waals surface area contributed by atoms with Crippen LogP contribution in [0, 0.1) is 5.82 Å². The van der Waals surface area contributed by atoms with Crippen molar-refractivity contribution in [2.75, 3.05) is 31.1 Å². The lowest BCUT2D eigenvalue weighted by molar-refractivity contribution is 0.136. The third-order valence-corrected chi connectivity index (χ3v) is 6.32. The van der Waals surface area contributed by atoms with Crippen molar-refractivity contribution in [3.63, 3.8) is 0 Å². The monoisotopic (exact) mass is 451 g/mol. The Morgan fingerprint density at radius 2 is 1.88 bits per heavy atom. The third kappa shape index (κ3) is 4.06. The zero-order valence-electron chi connectivity index (χ0n) is 18.4. The molecule has 1 saturated heterocycles. The molecule has 33 heavy (non-hydrogen) atoms. The maximum absolute atomic E-state index is 14.6. The number of nitrogens with one attached hydrogen (secondary N) is 1. The van der Waals surface area contributed by atoms with Crippen LogP contribution in [-0.2, 0) is 11.3 Å². The first-order chi connectivity index (χ1) is 16.0. The van der Waals surface area contributed by atoms with Crippen LogP contribution in [0.2, 0.25) is 0 Å². The highest BCUT2D eigenvalue weighted by molar-refractivity contribution is 5.89. The van der Waals surface area contributed by atoms with Crippen LogP contribution < -0.4 is 20.5 Å². The Morgan fingerprint density at radius 1 is 1.09 bits per heavy atom. The average molecular weight is 451 g/mol. The molecular weight excluding hydrogens is 425 g/mol. The fraction of sp³-hybridized carbons (Fsp3) is 0.360. The molecule has 5 rings (SSSR count). The Balaban J connectivity index is 1.16. The van der Waals surface area contributed by atoms with Gasteiger partial charge in [0.15, 0.2) is 0 Å². The van der Waals surface area contributed by atoms with Crippen molar-refractivity contribution in [2.45, 2.75) is 31.9 Å². The summed E-state index contributed by atoms with van der Waals surface area (Å²) in [7, 11) is 0. The Morgan fingerprint density at radius 3 is 2.67 bits per heavy atom. The molecule has 1 amide bonds. The fourth-order valence-electron chi connectivity index (χ4n) is 4.76. The molecule has 2 atom stereocenters. The van der Waals surface area contributed by atoms with Crippen LogP contribution in [0.25, 0.3) is 10.9 Å². The average Bonchev–Trinajstić information content (AvgIpc) is 3.38. The lowest BCUT2D eigenvalue weighted by Gasteiger charge is -2.15. The molecule has 0 aliphatic carbocycles. The molecule has 0 saturated carbocycles. The number of halogens is 1. The van der Waals surface area contributed by atoms with Crippen LogP contribution in [-0.4, -0.2) is 43.0 Å². The topological polar surface area (TPSA) is 72.8 Å². The van der Waals surface area contributed by atoms with Gasteiger partial charge in [0.1, 0.15) is 17.7 Å². The van der Waals surface area contributed by atoms with Crippen LogP contribution in [0.3, 0.4) is 0 Å². The highest BCUT2D eigenvalue weighted by Gasteiger charge is 2.32. The molecule has 172 valence electrons. The number of nitrogens with zero attached hydrogens (tertiary/aromatic N) is 2. The Kier molecular flexibility index (Phi) is 5.76. The summed E-state index contributed by atoms with van der Waals surface area (Å²) >= 11 is 0. The van der Waals surface area contributed by atoms with Crippen LogP contribution in [0.1, 0.15) is 24.8 Å². The molecule has 1 N–H and O–H groups in total. The van der Waals surface area contributed by atoms with Crippen molar-refractivity contribution in [2.24, 2.45) is 0 Å². The second kappa shape index (κ2) is 8.86. The van der Waals surface area contributed by atoms with Gasteiger partial charge < -0.3 is 19.4 Å². The molecule has 1 aromatic heterocycles. The van der Waals surface area contributed by atoms with Gasteiger partial charge in [-0.15, -0.1) is 0 Å². The largest absolute Gasteiger partial charge is 0.494 e. The zero-order chi connectivity index (χ0) is 22.9. The number of carbonyl (C=O) groups excluding carboxylic acids is 1. The van der Waals surface area contributed by atoms with Gasteiger partial charge in [0.2, 0.25) is 0 Å². The Labute approximate surface area is 190 Å². The van der Waals surface area contributed by atoms with E-state index in [1.54, 1.807) is 21.6 Å². The molecular formula is C25H26FN3O4. The predicted molar refractivity (Wildman–Crippen MR) is 124 cm³/mol. The van der Waals surface area contributed by atoms with Crippen molar-refractivity contribution < 1.29 is 18.7 Å². The maximum Gasteiger partial charge on any atom is 0.414 e. The van der Waals surface area contributed by atoms with E-state index in [0.29, 0.717) is 50.3 Å². The van der Waals surface area contributed by atoms with E-state index < -0.39 is 0 Å². The number of cyclic esters (lactones) is 1. The second-order valence-corrected chi connectivity index (χ2v) is 8.41. The first kappa shape index (κ1) is 21.5. The summed E-state index contributed by atoms with van der Waals surface area (Å²) < 4.78 is 27.2. The summed E-state index contributed by atoms with van der Waals surface area (Å²) in [6.45, 7) is 4.61. The smallest absolute Gasteiger partial charge is 0.414 e. The highest BCUT2D eigenvalue weighted by atomic mass is 19.1. The fourth-order valence-corrected chi connectivity index (χ4v) is 4.76. The van der Waals surface area contributed by atoms with Gasteiger partial charge in [0, 0.05) is 36.3 Å². The molecule has 0 radical (unpaired) electrons. The molecule has 0 spiro atoms. The number of ether oxygens (including phenoxy) is 2. The number of benzene rings is 2. The first-order valence-corrected chi connectivity index (χ1v) is 11.3. The van der Waals surface area contributed by atoms with Gasteiger partial charge in [-0.25, -0.2) is 9.18 Å². The number of anilines is 1. The molecule has 2 aromatic carbocycles. The van der Waals surface area contributed by atoms with Crippen molar-refractivity contribution in [1.82, 2.24) is 9.88 Å². The summed E-state index contributed by atoms with van der Waals surface area (Å²) in [6, 6.07) is 13.8. The van der Waals surface area contributed by atoms with E-state index in [4.69, 9.17) is 9.47 Å². The SMILES string of the molecule is CCOc1ccc(N2C[C@@H](CCNCC3Cn4c(=O)ccc5ccc(F)c3c54)OC2=O)cc1. The Bertz CT molecular complexity index is 1240. The molecule has 7 nitrogen and oxygen atoms in total. The van der Waals surface area contributed by atoms with E-state index in [9.17, 15) is 14.0 Å². The van der Waals surface area contributed by atoms with Crippen LogP contribution in [0.5, 0.6) is 5.75 Å². The van der Waals surface area contributed by atoms with Gasteiger partial charge in [-0.2, -0.15) is 0 Å². The van der Waals surface area contributed by atoms with E-state index >= 15 is 0 Å². The highest BCUT2D eigenvalue weighted by Crippen LogP contribution is 2.34. The van der Waals surface area contributed by atoms with Crippen LogP contribution in [0.15, 0.2) is 53.3 Å².